The summed E-state index contributed by atoms with van der Waals surface area (Å²) in [4.78, 5) is 32.4. The molecule has 6 nitrogen and oxygen atoms in total. The molecule has 1 saturated heterocycles. The molecule has 1 fully saturated rings. The first-order chi connectivity index (χ1) is 13.5. The molecule has 0 atom stereocenters. The molecule has 0 saturated carbocycles. The molecule has 2 aromatic rings. The molecule has 0 spiro atoms. The molecule has 1 aliphatic heterocycles. The minimum atomic E-state index is -0.201. The maximum absolute atomic E-state index is 13.2. The molecule has 0 radical (unpaired) electrons. The summed E-state index contributed by atoms with van der Waals surface area (Å²) in [7, 11) is 0. The number of nitrogens with zero attached hydrogens (tertiary/aromatic N) is 3. The predicted octanol–water partition coefficient (Wildman–Crippen LogP) is 3.83. The minimum Gasteiger partial charge on any atom is -0.369 e. The van der Waals surface area contributed by atoms with Crippen molar-refractivity contribution in [3.63, 3.8) is 0 Å². The van der Waals surface area contributed by atoms with Crippen LogP contribution in [-0.2, 0) is 4.79 Å². The Morgan fingerprint density at radius 1 is 1.25 bits per heavy atom. The van der Waals surface area contributed by atoms with Crippen LogP contribution >= 0.6 is 24.0 Å². The average molecular weight is 417 g/mol. The summed E-state index contributed by atoms with van der Waals surface area (Å²) in [6, 6.07) is 3.75. The molecule has 148 valence electrons. The van der Waals surface area contributed by atoms with Crippen molar-refractivity contribution in [2.45, 2.75) is 40.0 Å². The van der Waals surface area contributed by atoms with Gasteiger partial charge in [0.1, 0.15) is 15.8 Å². The Morgan fingerprint density at radius 2 is 2.04 bits per heavy atom. The summed E-state index contributed by atoms with van der Waals surface area (Å²) in [5.74, 6) is 0.342. The molecule has 2 aromatic heterocycles. The number of hydrogen-bond acceptors (Lipinski definition) is 6. The number of carbonyl (C=O) groups is 1. The lowest BCUT2D eigenvalue weighted by Crippen LogP contribution is -2.27. The lowest BCUT2D eigenvalue weighted by Gasteiger charge is -2.12. The minimum absolute atomic E-state index is 0.164. The molecule has 0 unspecified atom stereocenters. The quantitative estimate of drug-likeness (QED) is 0.420. The van der Waals surface area contributed by atoms with Crippen LogP contribution in [0.1, 0.15) is 44.2 Å². The number of carbonyl (C=O) groups excluding carboxylic acids is 1. The van der Waals surface area contributed by atoms with Crippen LogP contribution in [0.15, 0.2) is 28.0 Å². The van der Waals surface area contributed by atoms with Gasteiger partial charge < -0.3 is 5.32 Å². The van der Waals surface area contributed by atoms with Gasteiger partial charge in [-0.05, 0) is 38.0 Å². The van der Waals surface area contributed by atoms with Gasteiger partial charge >= 0.3 is 0 Å². The van der Waals surface area contributed by atoms with Crippen LogP contribution in [0.25, 0.3) is 11.7 Å². The van der Waals surface area contributed by atoms with E-state index in [4.69, 9.17) is 12.2 Å². The summed E-state index contributed by atoms with van der Waals surface area (Å²) < 4.78 is 2.04. The van der Waals surface area contributed by atoms with Crippen molar-refractivity contribution in [1.29, 1.82) is 0 Å². The summed E-state index contributed by atoms with van der Waals surface area (Å²) >= 11 is 6.51. The van der Waals surface area contributed by atoms with Gasteiger partial charge in [-0.2, -0.15) is 0 Å². The summed E-state index contributed by atoms with van der Waals surface area (Å²) in [5.41, 5.74) is 1.72. The third kappa shape index (κ3) is 4.12. The number of pyridine rings is 1. The number of nitrogens with one attached hydrogen (secondary N) is 1. The van der Waals surface area contributed by atoms with Crippen molar-refractivity contribution in [3.05, 3.63) is 44.7 Å². The Bertz CT molecular complexity index is 1010. The topological polar surface area (TPSA) is 66.7 Å². The molecule has 3 heterocycles. The van der Waals surface area contributed by atoms with Crippen LogP contribution in [0.2, 0.25) is 0 Å². The number of fused-ring (bicyclic) bond motifs is 1. The Kier molecular flexibility index (Phi) is 6.51. The largest absolute Gasteiger partial charge is 0.369 e. The van der Waals surface area contributed by atoms with E-state index in [0.717, 1.165) is 31.4 Å². The molecule has 28 heavy (non-hydrogen) atoms. The van der Waals surface area contributed by atoms with Crippen LogP contribution in [0, 0.1) is 6.92 Å². The van der Waals surface area contributed by atoms with E-state index < -0.39 is 0 Å². The second-order valence-corrected chi connectivity index (χ2v) is 8.35. The van der Waals surface area contributed by atoms with Gasteiger partial charge in [-0.15, -0.1) is 0 Å². The van der Waals surface area contributed by atoms with Crippen LogP contribution in [-0.4, -0.2) is 37.6 Å². The van der Waals surface area contributed by atoms with Crippen molar-refractivity contribution < 1.29 is 4.79 Å². The van der Waals surface area contributed by atoms with Gasteiger partial charge in [-0.25, -0.2) is 4.98 Å². The van der Waals surface area contributed by atoms with Crippen molar-refractivity contribution in [1.82, 2.24) is 14.3 Å². The zero-order valence-corrected chi connectivity index (χ0v) is 18.0. The number of aromatic nitrogens is 2. The number of unbranched alkanes of at least 4 members (excludes halogenated alkanes) is 2. The molecule has 0 bridgehead atoms. The molecule has 0 aliphatic carbocycles. The third-order valence-corrected chi connectivity index (χ3v) is 5.92. The lowest BCUT2D eigenvalue weighted by atomic mass is 10.2. The second kappa shape index (κ2) is 8.87. The first kappa shape index (κ1) is 20.5. The fraction of sp³-hybridized carbons (Fsp3) is 0.400. The highest BCUT2D eigenvalue weighted by Gasteiger charge is 2.31. The number of amides is 1. The maximum Gasteiger partial charge on any atom is 0.267 e. The Balaban J connectivity index is 2.09. The fourth-order valence-electron chi connectivity index (χ4n) is 3.01. The van der Waals surface area contributed by atoms with Gasteiger partial charge in [-0.1, -0.05) is 49.8 Å². The number of thiocarbonyl (C=S) groups is 1. The Labute approximate surface area is 174 Å². The van der Waals surface area contributed by atoms with E-state index in [-0.39, 0.29) is 11.5 Å². The number of rotatable bonds is 7. The Hall–Kier alpha value is -2.19. The Morgan fingerprint density at radius 3 is 2.71 bits per heavy atom. The first-order valence-electron chi connectivity index (χ1n) is 9.48. The number of thioether (sulfide) groups is 1. The zero-order valence-electron chi connectivity index (χ0n) is 16.3. The van der Waals surface area contributed by atoms with E-state index in [1.807, 2.05) is 26.0 Å². The van der Waals surface area contributed by atoms with E-state index in [9.17, 15) is 9.59 Å². The first-order valence-corrected chi connectivity index (χ1v) is 10.7. The lowest BCUT2D eigenvalue weighted by molar-refractivity contribution is -0.121. The zero-order chi connectivity index (χ0) is 20.3. The van der Waals surface area contributed by atoms with Gasteiger partial charge in [0, 0.05) is 19.3 Å². The molecular formula is C20H24N4O2S2. The maximum atomic E-state index is 13.2. The number of aryl methyl sites for hydroxylation is 1. The fourth-order valence-corrected chi connectivity index (χ4v) is 4.38. The molecule has 3 rings (SSSR count). The van der Waals surface area contributed by atoms with Crippen molar-refractivity contribution in [2.75, 3.05) is 18.4 Å². The van der Waals surface area contributed by atoms with E-state index >= 15 is 0 Å². The van der Waals surface area contributed by atoms with E-state index in [0.29, 0.717) is 32.8 Å². The molecule has 1 amide bonds. The van der Waals surface area contributed by atoms with Crippen LogP contribution < -0.4 is 10.9 Å². The van der Waals surface area contributed by atoms with Gasteiger partial charge in [-0.3, -0.25) is 18.9 Å². The van der Waals surface area contributed by atoms with E-state index in [1.165, 1.54) is 21.1 Å². The van der Waals surface area contributed by atoms with Gasteiger partial charge in [0.05, 0.1) is 10.5 Å². The predicted molar refractivity (Wildman–Crippen MR) is 120 cm³/mol. The van der Waals surface area contributed by atoms with Gasteiger partial charge in [0.2, 0.25) is 0 Å². The van der Waals surface area contributed by atoms with Crippen LogP contribution in [0.4, 0.5) is 5.82 Å². The van der Waals surface area contributed by atoms with Crippen molar-refractivity contribution in [2.24, 2.45) is 0 Å². The highest BCUT2D eigenvalue weighted by molar-refractivity contribution is 8.26. The SMILES string of the molecule is CCCCCNc1nc2ccc(C)cn2c(=O)c1/C=C1/SC(=S)N(CC)C1=O. The van der Waals surface area contributed by atoms with E-state index in [1.54, 1.807) is 12.3 Å². The number of hydrogen-bond donors (Lipinski definition) is 1. The van der Waals surface area contributed by atoms with Gasteiger partial charge in [0.15, 0.2) is 0 Å². The second-order valence-electron chi connectivity index (χ2n) is 6.67. The summed E-state index contributed by atoms with van der Waals surface area (Å²) in [6.07, 6.45) is 6.59. The van der Waals surface area contributed by atoms with Crippen molar-refractivity contribution >= 4 is 51.7 Å². The highest BCUT2D eigenvalue weighted by atomic mass is 32.2. The molecule has 1 N–H and O–H groups in total. The highest BCUT2D eigenvalue weighted by Crippen LogP contribution is 2.32. The van der Waals surface area contributed by atoms with Crippen LogP contribution in [0.3, 0.4) is 0 Å². The van der Waals surface area contributed by atoms with Gasteiger partial charge in [0.25, 0.3) is 11.5 Å². The van der Waals surface area contributed by atoms with E-state index in [2.05, 4.69) is 17.2 Å². The summed E-state index contributed by atoms with van der Waals surface area (Å²) in [6.45, 7) is 7.18. The number of anilines is 1. The third-order valence-electron chi connectivity index (χ3n) is 4.54. The molecular weight excluding hydrogens is 392 g/mol. The normalized spacial score (nSPS) is 15.8. The van der Waals surface area contributed by atoms with Crippen molar-refractivity contribution in [3.8, 4) is 0 Å². The molecule has 1 aliphatic rings. The molecule has 0 aromatic carbocycles. The van der Waals surface area contributed by atoms with Crippen LogP contribution in [0.5, 0.6) is 0 Å². The smallest absolute Gasteiger partial charge is 0.267 e. The number of likely N-dealkylation sites (N-methyl/N-ethyl adjacent to an activating group) is 1. The monoisotopic (exact) mass is 416 g/mol. The standard InChI is InChI=1S/C20H24N4O2S2/c1-4-6-7-10-21-17-14(11-15-19(26)23(5-2)20(27)28-15)18(25)24-12-13(3)8-9-16(24)22-17/h8-9,11-12,21H,4-7,10H2,1-3H3/b15-11+. The summed E-state index contributed by atoms with van der Waals surface area (Å²) in [5, 5.41) is 3.28. The average Bonchev–Trinajstić information content (AvgIpc) is 2.95. The molecule has 8 heteroatoms.